The van der Waals surface area contributed by atoms with Gasteiger partial charge in [-0.1, -0.05) is 13.3 Å². The Kier molecular flexibility index (Phi) is 5.90. The minimum Gasteiger partial charge on any atom is -0.394 e. The molecule has 17 heavy (non-hydrogen) atoms. The molecule has 0 aromatic carbocycles. The number of rotatable bonds is 6. The van der Waals surface area contributed by atoms with Crippen molar-refractivity contribution >= 4 is 0 Å². The van der Waals surface area contributed by atoms with Crippen LogP contribution >= 0.6 is 0 Å². The molecule has 3 heteroatoms. The van der Waals surface area contributed by atoms with Gasteiger partial charge in [-0.2, -0.15) is 0 Å². The maximum Gasteiger partial charge on any atom is 0.0611 e. The van der Waals surface area contributed by atoms with Gasteiger partial charge in [-0.05, 0) is 59.2 Å². The molecule has 1 aliphatic rings. The van der Waals surface area contributed by atoms with Crippen molar-refractivity contribution in [3.63, 3.8) is 0 Å². The second-order valence-electron chi connectivity index (χ2n) is 5.91. The first-order chi connectivity index (χ1) is 8.04. The number of hydrogen-bond acceptors (Lipinski definition) is 3. The summed E-state index contributed by atoms with van der Waals surface area (Å²) in [5.41, 5.74) is -0.138. The van der Waals surface area contributed by atoms with Crippen LogP contribution in [0.15, 0.2) is 0 Å². The maximum atomic E-state index is 9.43. The van der Waals surface area contributed by atoms with E-state index in [9.17, 15) is 5.11 Å². The summed E-state index contributed by atoms with van der Waals surface area (Å²) < 4.78 is 0. The number of aliphatic hydroxyl groups is 1. The van der Waals surface area contributed by atoms with E-state index in [4.69, 9.17) is 0 Å². The largest absolute Gasteiger partial charge is 0.394 e. The molecule has 102 valence electrons. The van der Waals surface area contributed by atoms with E-state index in [1.807, 2.05) is 7.05 Å². The summed E-state index contributed by atoms with van der Waals surface area (Å²) in [6, 6.07) is 0.553. The van der Waals surface area contributed by atoms with Gasteiger partial charge in [0.15, 0.2) is 0 Å². The molecule has 3 nitrogen and oxygen atoms in total. The fourth-order valence-electron chi connectivity index (χ4n) is 2.83. The van der Waals surface area contributed by atoms with Gasteiger partial charge in [0.05, 0.1) is 6.61 Å². The molecule has 0 aromatic heterocycles. The van der Waals surface area contributed by atoms with Gasteiger partial charge in [-0.25, -0.2) is 0 Å². The minimum absolute atomic E-state index is 0.138. The number of likely N-dealkylation sites (tertiary alicyclic amines) is 1. The maximum absolute atomic E-state index is 9.43. The van der Waals surface area contributed by atoms with Crippen molar-refractivity contribution in [2.45, 2.75) is 58.0 Å². The Bertz CT molecular complexity index is 208. The van der Waals surface area contributed by atoms with Crippen molar-refractivity contribution < 1.29 is 5.11 Å². The first-order valence-electron chi connectivity index (χ1n) is 7.08. The number of nitrogens with zero attached hydrogens (tertiary/aromatic N) is 1. The lowest BCUT2D eigenvalue weighted by molar-refractivity contribution is 0.0925. The van der Waals surface area contributed by atoms with Crippen molar-refractivity contribution in [2.75, 3.05) is 26.7 Å². The first-order valence-corrected chi connectivity index (χ1v) is 7.08. The van der Waals surface area contributed by atoms with Crippen LogP contribution in [0, 0.1) is 5.92 Å². The molecule has 1 saturated heterocycles. The average Bonchev–Trinajstić information content (AvgIpc) is 2.38. The molecule has 0 saturated carbocycles. The van der Waals surface area contributed by atoms with E-state index in [1.165, 1.54) is 32.4 Å². The summed E-state index contributed by atoms with van der Waals surface area (Å²) in [6.07, 6.45) is 5.02. The second-order valence-corrected chi connectivity index (χ2v) is 5.91. The Hall–Kier alpha value is -0.120. The van der Waals surface area contributed by atoms with E-state index in [-0.39, 0.29) is 12.1 Å². The van der Waals surface area contributed by atoms with Crippen LogP contribution in [-0.2, 0) is 0 Å². The Morgan fingerprint density at radius 3 is 2.41 bits per heavy atom. The molecule has 1 heterocycles. The van der Waals surface area contributed by atoms with Crippen molar-refractivity contribution in [3.8, 4) is 0 Å². The van der Waals surface area contributed by atoms with Gasteiger partial charge in [0, 0.05) is 11.6 Å². The molecule has 2 atom stereocenters. The molecule has 2 N–H and O–H groups in total. The van der Waals surface area contributed by atoms with Crippen molar-refractivity contribution in [2.24, 2.45) is 5.92 Å². The monoisotopic (exact) mass is 242 g/mol. The number of nitrogens with one attached hydrogen (secondary N) is 1. The van der Waals surface area contributed by atoms with Crippen LogP contribution in [0.1, 0.15) is 46.5 Å². The fraction of sp³-hybridized carbons (Fsp3) is 1.00. The highest BCUT2D eigenvalue weighted by Gasteiger charge is 2.28. The number of hydrogen-bond donors (Lipinski definition) is 2. The molecule has 1 aliphatic heterocycles. The summed E-state index contributed by atoms with van der Waals surface area (Å²) in [6.45, 7) is 9.35. The molecular formula is C14H30N2O. The zero-order valence-corrected chi connectivity index (χ0v) is 12.0. The molecule has 1 fully saturated rings. The van der Waals surface area contributed by atoms with Crippen molar-refractivity contribution in [3.05, 3.63) is 0 Å². The average molecular weight is 242 g/mol. The topological polar surface area (TPSA) is 35.5 Å². The van der Waals surface area contributed by atoms with Crippen LogP contribution in [0.25, 0.3) is 0 Å². The van der Waals surface area contributed by atoms with E-state index in [0.29, 0.717) is 6.04 Å². The normalized spacial score (nSPS) is 24.5. The third-order valence-corrected chi connectivity index (χ3v) is 4.55. The number of aliphatic hydroxyl groups excluding tert-OH is 1. The summed E-state index contributed by atoms with van der Waals surface area (Å²) >= 11 is 0. The summed E-state index contributed by atoms with van der Waals surface area (Å²) in [7, 11) is 1.94. The lowest BCUT2D eigenvalue weighted by Crippen LogP contribution is -2.50. The smallest absolute Gasteiger partial charge is 0.0611 e. The standard InChI is InChI=1S/C14H30N2O/c1-5-13-6-8-16(9-7-13)12(2)10-14(3,11-17)15-4/h12-13,15,17H,5-11H2,1-4H3. The Balaban J connectivity index is 2.41. The number of likely N-dealkylation sites (N-methyl/N-ethyl adjacent to an activating group) is 1. The van der Waals surface area contributed by atoms with Gasteiger partial charge in [-0.15, -0.1) is 0 Å². The van der Waals surface area contributed by atoms with Gasteiger partial charge in [0.2, 0.25) is 0 Å². The highest BCUT2D eigenvalue weighted by Crippen LogP contribution is 2.24. The fourth-order valence-corrected chi connectivity index (χ4v) is 2.83. The van der Waals surface area contributed by atoms with E-state index in [2.05, 4.69) is 31.0 Å². The van der Waals surface area contributed by atoms with Gasteiger partial charge in [0.1, 0.15) is 0 Å². The number of piperidine rings is 1. The van der Waals surface area contributed by atoms with E-state index >= 15 is 0 Å². The zero-order valence-electron chi connectivity index (χ0n) is 12.0. The van der Waals surface area contributed by atoms with Gasteiger partial charge >= 0.3 is 0 Å². The Morgan fingerprint density at radius 2 is 2.00 bits per heavy atom. The summed E-state index contributed by atoms with van der Waals surface area (Å²) in [5, 5.41) is 12.7. The quantitative estimate of drug-likeness (QED) is 0.746. The molecular weight excluding hydrogens is 212 g/mol. The van der Waals surface area contributed by atoms with Crippen molar-refractivity contribution in [1.29, 1.82) is 0 Å². The highest BCUT2D eigenvalue weighted by atomic mass is 16.3. The molecule has 0 amide bonds. The third-order valence-electron chi connectivity index (χ3n) is 4.55. The first kappa shape index (κ1) is 14.9. The molecule has 0 radical (unpaired) electrons. The third kappa shape index (κ3) is 4.23. The van der Waals surface area contributed by atoms with Crippen LogP contribution in [0.3, 0.4) is 0 Å². The molecule has 2 unspecified atom stereocenters. The van der Waals surface area contributed by atoms with Gasteiger partial charge in [0.25, 0.3) is 0 Å². The molecule has 1 rings (SSSR count). The second kappa shape index (κ2) is 6.72. The molecule has 0 aliphatic carbocycles. The van der Waals surface area contributed by atoms with Crippen LogP contribution in [0.5, 0.6) is 0 Å². The van der Waals surface area contributed by atoms with Crippen LogP contribution < -0.4 is 5.32 Å². The lowest BCUT2D eigenvalue weighted by Gasteiger charge is -2.39. The molecule has 0 spiro atoms. The van der Waals surface area contributed by atoms with Crippen LogP contribution in [-0.4, -0.2) is 48.3 Å². The Morgan fingerprint density at radius 1 is 1.41 bits per heavy atom. The minimum atomic E-state index is -0.138. The zero-order chi connectivity index (χ0) is 12.9. The molecule has 0 aromatic rings. The predicted molar refractivity (Wildman–Crippen MR) is 73.2 cm³/mol. The SMILES string of the molecule is CCC1CCN(C(C)CC(C)(CO)NC)CC1. The van der Waals surface area contributed by atoms with E-state index in [0.717, 1.165) is 12.3 Å². The highest BCUT2D eigenvalue weighted by molar-refractivity contribution is 4.87. The lowest BCUT2D eigenvalue weighted by atomic mass is 9.90. The Labute approximate surface area is 107 Å². The van der Waals surface area contributed by atoms with E-state index in [1.54, 1.807) is 0 Å². The van der Waals surface area contributed by atoms with Crippen LogP contribution in [0.4, 0.5) is 0 Å². The van der Waals surface area contributed by atoms with Gasteiger partial charge < -0.3 is 15.3 Å². The predicted octanol–water partition coefficient (Wildman–Crippen LogP) is 1.86. The molecule has 0 bridgehead atoms. The summed E-state index contributed by atoms with van der Waals surface area (Å²) in [5.74, 6) is 0.937. The summed E-state index contributed by atoms with van der Waals surface area (Å²) in [4.78, 5) is 2.58. The van der Waals surface area contributed by atoms with E-state index < -0.39 is 0 Å². The van der Waals surface area contributed by atoms with Crippen molar-refractivity contribution in [1.82, 2.24) is 10.2 Å². The van der Waals surface area contributed by atoms with Gasteiger partial charge in [-0.3, -0.25) is 0 Å². The van der Waals surface area contributed by atoms with Crippen LogP contribution in [0.2, 0.25) is 0 Å².